The summed E-state index contributed by atoms with van der Waals surface area (Å²) in [6.07, 6.45) is 1.33. The van der Waals surface area contributed by atoms with Crippen molar-refractivity contribution in [3.8, 4) is 0 Å². The van der Waals surface area contributed by atoms with E-state index in [2.05, 4.69) is 33.4 Å². The van der Waals surface area contributed by atoms with Crippen LogP contribution in [0.4, 0.5) is 0 Å². The van der Waals surface area contributed by atoms with Crippen LogP contribution in [0.25, 0.3) is 0 Å². The van der Waals surface area contributed by atoms with Crippen LogP contribution < -0.4 is 0 Å². The Morgan fingerprint density at radius 3 is 2.52 bits per heavy atom. The summed E-state index contributed by atoms with van der Waals surface area (Å²) >= 11 is 0. The van der Waals surface area contributed by atoms with Crippen molar-refractivity contribution in [2.75, 3.05) is 20.3 Å². The van der Waals surface area contributed by atoms with E-state index in [-0.39, 0.29) is 29.5 Å². The number of hydrogen-bond donors (Lipinski definition) is 6. The van der Waals surface area contributed by atoms with Gasteiger partial charge in [0.05, 0.1) is 31.5 Å². The highest BCUT2D eigenvalue weighted by Gasteiger charge is 2.68. The average molecular weight is 623 g/mol. The number of aliphatic hydroxyl groups excluding tert-OH is 6. The molecule has 2 saturated heterocycles. The highest BCUT2D eigenvalue weighted by atomic mass is 16.7. The van der Waals surface area contributed by atoms with Crippen LogP contribution in [0.3, 0.4) is 0 Å². The summed E-state index contributed by atoms with van der Waals surface area (Å²) in [4.78, 5) is 0. The van der Waals surface area contributed by atoms with E-state index >= 15 is 0 Å². The van der Waals surface area contributed by atoms with Gasteiger partial charge in [0.1, 0.15) is 24.4 Å². The molecule has 6 aliphatic rings. The molecular formula is C34H54O10. The van der Waals surface area contributed by atoms with Crippen molar-refractivity contribution < 1.29 is 49.6 Å². The van der Waals surface area contributed by atoms with Crippen molar-refractivity contribution in [1.82, 2.24) is 0 Å². The lowest BCUT2D eigenvalue weighted by atomic mass is 9.46. The van der Waals surface area contributed by atoms with Crippen LogP contribution in [0.15, 0.2) is 23.8 Å². The Morgan fingerprint density at radius 2 is 1.82 bits per heavy atom. The Hall–Kier alpha value is -0.920. The van der Waals surface area contributed by atoms with Crippen LogP contribution in [-0.2, 0) is 18.9 Å². The predicted molar refractivity (Wildman–Crippen MR) is 160 cm³/mol. The molecule has 0 aromatic carbocycles. The number of fused-ring (bicyclic) bond motifs is 7. The van der Waals surface area contributed by atoms with Gasteiger partial charge in [-0.2, -0.15) is 0 Å². The number of aliphatic hydroxyl groups is 6. The molecule has 10 heteroatoms. The second kappa shape index (κ2) is 12.0. The molecular weight excluding hydrogens is 568 g/mol. The fourth-order valence-corrected chi connectivity index (χ4v) is 10.8. The number of ether oxygens (including phenoxy) is 4. The lowest BCUT2D eigenvalue weighted by molar-refractivity contribution is -0.299. The summed E-state index contributed by atoms with van der Waals surface area (Å²) in [6.45, 7) is 10.7. The molecule has 0 bridgehead atoms. The molecule has 5 fully saturated rings. The monoisotopic (exact) mass is 622 g/mol. The number of allylic oxidation sites excluding steroid dienone is 1. The van der Waals surface area contributed by atoms with Crippen LogP contribution >= 0.6 is 0 Å². The fraction of sp³-hybridized carbons (Fsp3) is 0.882. The van der Waals surface area contributed by atoms with E-state index in [1.54, 1.807) is 7.11 Å². The Labute approximate surface area is 261 Å². The molecule has 1 unspecified atom stereocenters. The summed E-state index contributed by atoms with van der Waals surface area (Å²) in [5.41, 5.74) is 1.85. The van der Waals surface area contributed by atoms with Crippen LogP contribution in [0.1, 0.15) is 72.1 Å². The second-order valence-electron chi connectivity index (χ2n) is 15.3. The van der Waals surface area contributed by atoms with Gasteiger partial charge in [0.2, 0.25) is 0 Å². The summed E-state index contributed by atoms with van der Waals surface area (Å²) in [7, 11) is 1.72. The molecule has 6 rings (SSSR count). The van der Waals surface area contributed by atoms with Crippen LogP contribution in [0.5, 0.6) is 0 Å². The summed E-state index contributed by atoms with van der Waals surface area (Å²) in [6, 6.07) is 0. The van der Waals surface area contributed by atoms with Gasteiger partial charge in [0.15, 0.2) is 12.1 Å². The van der Waals surface area contributed by atoms with Crippen molar-refractivity contribution in [3.05, 3.63) is 23.8 Å². The maximum absolute atomic E-state index is 11.2. The molecule has 0 aromatic rings. The second-order valence-corrected chi connectivity index (χ2v) is 15.3. The quantitative estimate of drug-likeness (QED) is 0.221. The molecule has 2 heterocycles. The number of methoxy groups -OCH3 is 1. The zero-order chi connectivity index (χ0) is 31.8. The van der Waals surface area contributed by atoms with Crippen molar-refractivity contribution >= 4 is 0 Å². The molecule has 4 aliphatic carbocycles. The van der Waals surface area contributed by atoms with Crippen molar-refractivity contribution in [2.24, 2.45) is 40.4 Å². The maximum atomic E-state index is 11.2. The Kier molecular flexibility index (Phi) is 8.96. The van der Waals surface area contributed by atoms with Gasteiger partial charge in [-0.25, -0.2) is 0 Å². The Morgan fingerprint density at radius 1 is 1.07 bits per heavy atom. The van der Waals surface area contributed by atoms with Gasteiger partial charge in [-0.3, -0.25) is 0 Å². The lowest BCUT2D eigenvalue weighted by Crippen LogP contribution is -2.59. The third kappa shape index (κ3) is 4.98. The third-order valence-corrected chi connectivity index (χ3v) is 13.3. The molecule has 44 heavy (non-hydrogen) atoms. The fourth-order valence-electron chi connectivity index (χ4n) is 10.8. The standard InChI is InChI=1S/C34H54O10/c1-17(16-42-31-30(40)29(39)28(38)25(15-35)43-31)8-11-34(41-5)18(2)27-24(44-34)14-23-21-7-6-19-12-20(36)13-26(37)33(19,4)22(21)9-10-32(23,27)3/h6,18,20-31,35-40H,1,7-16H2,2-5H3/t18-,20+,21+,22-,23-,24-,25+,26+,27-,28+,29-,30+,31+,32-,33-,34?/m0/s1. The van der Waals surface area contributed by atoms with Crippen molar-refractivity contribution in [2.45, 2.75) is 127 Å². The molecule has 16 atom stereocenters. The molecule has 0 amide bonds. The minimum absolute atomic E-state index is 0.0731. The van der Waals surface area contributed by atoms with E-state index in [4.69, 9.17) is 18.9 Å². The minimum atomic E-state index is -1.49. The zero-order valence-corrected chi connectivity index (χ0v) is 26.7. The largest absolute Gasteiger partial charge is 0.394 e. The van der Waals surface area contributed by atoms with E-state index < -0.39 is 55.3 Å². The highest BCUT2D eigenvalue weighted by molar-refractivity contribution is 5.28. The van der Waals surface area contributed by atoms with Gasteiger partial charge in [-0.05, 0) is 67.6 Å². The lowest BCUT2D eigenvalue weighted by Gasteiger charge is -2.59. The summed E-state index contributed by atoms with van der Waals surface area (Å²) in [5.74, 6) is 1.16. The predicted octanol–water partition coefficient (Wildman–Crippen LogP) is 2.04. The van der Waals surface area contributed by atoms with Crippen LogP contribution in [0.2, 0.25) is 0 Å². The van der Waals surface area contributed by atoms with E-state index in [1.165, 1.54) is 5.57 Å². The molecule has 3 saturated carbocycles. The first-order valence-corrected chi connectivity index (χ1v) is 16.7. The zero-order valence-electron chi connectivity index (χ0n) is 26.7. The first-order valence-electron chi connectivity index (χ1n) is 16.7. The minimum Gasteiger partial charge on any atom is -0.394 e. The SMILES string of the molecule is C=C(CCC1(OC)O[C@H]2C[C@H]3[C@@H]4CC=C5C[C@@H](O)C[C@@H](O)[C@]5(C)[C@H]4CC[C@]3(C)[C@H]2[C@@H]1C)CO[C@@H]1O[C@H](CO)[C@@H](O)[C@H](O)[C@H]1O. The molecule has 0 aromatic heterocycles. The van der Waals surface area contributed by atoms with Gasteiger partial charge in [-0.15, -0.1) is 0 Å². The Bertz CT molecular complexity index is 1110. The maximum Gasteiger partial charge on any atom is 0.187 e. The molecule has 0 spiro atoms. The first-order chi connectivity index (χ1) is 20.8. The molecule has 250 valence electrons. The normalized spacial score (nSPS) is 53.3. The van der Waals surface area contributed by atoms with Gasteiger partial charge in [0, 0.05) is 31.3 Å². The smallest absolute Gasteiger partial charge is 0.187 e. The molecule has 10 nitrogen and oxygen atoms in total. The van der Waals surface area contributed by atoms with E-state index in [1.807, 2.05) is 0 Å². The molecule has 6 N–H and O–H groups in total. The van der Waals surface area contributed by atoms with Gasteiger partial charge in [0.25, 0.3) is 0 Å². The topological polar surface area (TPSA) is 158 Å². The van der Waals surface area contributed by atoms with Gasteiger partial charge >= 0.3 is 0 Å². The van der Waals surface area contributed by atoms with E-state index in [0.29, 0.717) is 49.4 Å². The summed E-state index contributed by atoms with van der Waals surface area (Å²) in [5, 5.41) is 61.4. The van der Waals surface area contributed by atoms with Gasteiger partial charge < -0.3 is 49.6 Å². The van der Waals surface area contributed by atoms with E-state index in [9.17, 15) is 30.6 Å². The first kappa shape index (κ1) is 33.0. The average Bonchev–Trinajstić information content (AvgIpc) is 3.45. The van der Waals surface area contributed by atoms with E-state index in [0.717, 1.165) is 31.3 Å². The third-order valence-electron chi connectivity index (χ3n) is 13.3. The van der Waals surface area contributed by atoms with Crippen molar-refractivity contribution in [3.63, 3.8) is 0 Å². The summed E-state index contributed by atoms with van der Waals surface area (Å²) < 4.78 is 24.3. The van der Waals surface area contributed by atoms with Crippen LogP contribution in [0, 0.1) is 40.4 Å². The van der Waals surface area contributed by atoms with Gasteiger partial charge in [-0.1, -0.05) is 44.6 Å². The number of hydrogen-bond acceptors (Lipinski definition) is 10. The Balaban J connectivity index is 1.10. The number of rotatable bonds is 8. The van der Waals surface area contributed by atoms with Crippen molar-refractivity contribution in [1.29, 1.82) is 0 Å². The molecule has 2 aliphatic heterocycles. The highest BCUT2D eigenvalue weighted by Crippen LogP contribution is 2.70. The van der Waals surface area contributed by atoms with Crippen LogP contribution in [-0.4, -0.2) is 106 Å². The molecule has 0 radical (unpaired) electrons.